The normalized spacial score (nSPS) is 27.0. The zero-order valence-corrected chi connectivity index (χ0v) is 12.4. The molecule has 0 saturated heterocycles. The third-order valence-corrected chi connectivity index (χ3v) is 4.97. The SMILES string of the molecule is CC(C)C(C)C1CCCC(C(O)(C(F)(F)F)C(F)(F)F)C1. The molecule has 0 aromatic carbocycles. The summed E-state index contributed by atoms with van der Waals surface area (Å²) in [6.07, 6.45) is -11.0. The molecule has 0 amide bonds. The summed E-state index contributed by atoms with van der Waals surface area (Å²) >= 11 is 0. The third-order valence-electron chi connectivity index (χ3n) is 4.97. The van der Waals surface area contributed by atoms with Crippen LogP contribution in [0.5, 0.6) is 0 Å². The Morgan fingerprint density at radius 3 is 1.76 bits per heavy atom. The van der Waals surface area contributed by atoms with Crippen molar-refractivity contribution in [3.05, 3.63) is 0 Å². The predicted octanol–water partition coefficient (Wildman–Crippen LogP) is 4.94. The fourth-order valence-corrected chi connectivity index (χ4v) is 3.25. The van der Waals surface area contributed by atoms with Crippen molar-refractivity contribution >= 4 is 0 Å². The van der Waals surface area contributed by atoms with Gasteiger partial charge in [-0.05, 0) is 30.6 Å². The first kappa shape index (κ1) is 18.6. The van der Waals surface area contributed by atoms with Crippen LogP contribution in [0.25, 0.3) is 0 Å². The first-order valence-corrected chi connectivity index (χ1v) is 7.18. The van der Waals surface area contributed by atoms with E-state index in [-0.39, 0.29) is 37.0 Å². The minimum atomic E-state index is -5.71. The van der Waals surface area contributed by atoms with Gasteiger partial charge in [0.2, 0.25) is 0 Å². The highest BCUT2D eigenvalue weighted by molar-refractivity contribution is 5.01. The van der Waals surface area contributed by atoms with Crippen LogP contribution in [0.4, 0.5) is 26.3 Å². The van der Waals surface area contributed by atoms with Crippen molar-refractivity contribution in [3.8, 4) is 0 Å². The molecule has 3 atom stereocenters. The van der Waals surface area contributed by atoms with Crippen LogP contribution >= 0.6 is 0 Å². The maximum Gasteiger partial charge on any atom is 0.426 e. The summed E-state index contributed by atoms with van der Waals surface area (Å²) < 4.78 is 77.4. The Hall–Kier alpha value is -0.460. The summed E-state index contributed by atoms with van der Waals surface area (Å²) in [5, 5.41) is 9.50. The highest BCUT2D eigenvalue weighted by Gasteiger charge is 2.73. The number of alkyl halides is 6. The van der Waals surface area contributed by atoms with Crippen molar-refractivity contribution in [1.82, 2.24) is 0 Å². The smallest absolute Gasteiger partial charge is 0.373 e. The summed E-state index contributed by atoms with van der Waals surface area (Å²) in [7, 11) is 0. The van der Waals surface area contributed by atoms with Crippen molar-refractivity contribution in [2.24, 2.45) is 23.7 Å². The van der Waals surface area contributed by atoms with E-state index < -0.39 is 23.9 Å². The Kier molecular flexibility index (Phi) is 5.29. The molecule has 126 valence electrons. The summed E-state index contributed by atoms with van der Waals surface area (Å²) in [6, 6.07) is 0. The van der Waals surface area contributed by atoms with E-state index in [1.165, 1.54) is 0 Å². The van der Waals surface area contributed by atoms with Gasteiger partial charge in [0.05, 0.1) is 0 Å². The van der Waals surface area contributed by atoms with Crippen LogP contribution in [0.3, 0.4) is 0 Å². The molecule has 0 aromatic rings. The van der Waals surface area contributed by atoms with Gasteiger partial charge < -0.3 is 5.11 Å². The topological polar surface area (TPSA) is 20.2 Å². The molecule has 1 fully saturated rings. The first-order valence-electron chi connectivity index (χ1n) is 7.18. The summed E-state index contributed by atoms with van der Waals surface area (Å²) in [6.45, 7) is 5.64. The van der Waals surface area contributed by atoms with Crippen LogP contribution in [-0.4, -0.2) is 23.1 Å². The maximum absolute atomic E-state index is 12.9. The average molecular weight is 320 g/mol. The fourth-order valence-electron chi connectivity index (χ4n) is 3.25. The molecule has 0 aromatic heterocycles. The molecule has 1 saturated carbocycles. The van der Waals surface area contributed by atoms with Gasteiger partial charge in [-0.3, -0.25) is 0 Å². The van der Waals surface area contributed by atoms with Gasteiger partial charge in [0, 0.05) is 5.92 Å². The second kappa shape index (κ2) is 5.97. The van der Waals surface area contributed by atoms with Crippen LogP contribution < -0.4 is 0 Å². The first-order chi connectivity index (χ1) is 9.32. The van der Waals surface area contributed by atoms with E-state index in [0.717, 1.165) is 0 Å². The molecule has 0 spiro atoms. The Morgan fingerprint density at radius 1 is 0.905 bits per heavy atom. The van der Waals surface area contributed by atoms with E-state index >= 15 is 0 Å². The molecule has 1 aliphatic rings. The van der Waals surface area contributed by atoms with Gasteiger partial charge in [-0.2, -0.15) is 26.3 Å². The van der Waals surface area contributed by atoms with E-state index in [0.29, 0.717) is 6.42 Å². The summed E-state index contributed by atoms with van der Waals surface area (Å²) in [5.41, 5.74) is -4.60. The van der Waals surface area contributed by atoms with E-state index in [1.54, 1.807) is 0 Å². The van der Waals surface area contributed by atoms with Crippen LogP contribution in [-0.2, 0) is 0 Å². The van der Waals surface area contributed by atoms with E-state index in [4.69, 9.17) is 0 Å². The summed E-state index contributed by atoms with van der Waals surface area (Å²) in [5.74, 6) is -1.84. The quantitative estimate of drug-likeness (QED) is 0.730. The van der Waals surface area contributed by atoms with Crippen LogP contribution in [0.1, 0.15) is 46.5 Å². The van der Waals surface area contributed by atoms with Gasteiger partial charge in [0.25, 0.3) is 5.60 Å². The van der Waals surface area contributed by atoms with Gasteiger partial charge in [-0.15, -0.1) is 0 Å². The minimum Gasteiger partial charge on any atom is -0.373 e. The second-order valence-corrected chi connectivity index (χ2v) is 6.49. The average Bonchev–Trinajstić information content (AvgIpc) is 2.34. The molecule has 0 heterocycles. The maximum atomic E-state index is 12.9. The lowest BCUT2D eigenvalue weighted by atomic mass is 9.67. The van der Waals surface area contributed by atoms with Gasteiger partial charge in [-0.25, -0.2) is 0 Å². The second-order valence-electron chi connectivity index (χ2n) is 6.49. The lowest BCUT2D eigenvalue weighted by molar-refractivity contribution is -0.388. The van der Waals surface area contributed by atoms with Gasteiger partial charge in [-0.1, -0.05) is 33.6 Å². The highest BCUT2D eigenvalue weighted by Crippen LogP contribution is 2.53. The van der Waals surface area contributed by atoms with Crippen molar-refractivity contribution in [2.75, 3.05) is 0 Å². The summed E-state index contributed by atoms with van der Waals surface area (Å²) in [4.78, 5) is 0. The van der Waals surface area contributed by atoms with E-state index in [2.05, 4.69) is 0 Å². The van der Waals surface area contributed by atoms with E-state index in [1.807, 2.05) is 20.8 Å². The number of halogens is 6. The number of hydrogen-bond acceptors (Lipinski definition) is 1. The number of hydrogen-bond donors (Lipinski definition) is 1. The number of rotatable bonds is 3. The van der Waals surface area contributed by atoms with Gasteiger partial charge in [0.15, 0.2) is 0 Å². The van der Waals surface area contributed by atoms with Crippen LogP contribution in [0.15, 0.2) is 0 Å². The monoisotopic (exact) mass is 320 g/mol. The molecule has 0 bridgehead atoms. The molecule has 7 heteroatoms. The molecule has 3 unspecified atom stereocenters. The third kappa shape index (κ3) is 3.48. The zero-order chi connectivity index (χ0) is 16.6. The van der Waals surface area contributed by atoms with E-state index in [9.17, 15) is 31.4 Å². The van der Waals surface area contributed by atoms with Crippen molar-refractivity contribution in [1.29, 1.82) is 0 Å². The minimum absolute atomic E-state index is 0.0264. The fraction of sp³-hybridized carbons (Fsp3) is 1.00. The predicted molar refractivity (Wildman–Crippen MR) is 66.5 cm³/mol. The number of aliphatic hydroxyl groups is 1. The van der Waals surface area contributed by atoms with Crippen LogP contribution in [0, 0.1) is 23.7 Å². The van der Waals surface area contributed by atoms with Crippen LogP contribution in [0.2, 0.25) is 0 Å². The lowest BCUT2D eigenvalue weighted by Gasteiger charge is -2.44. The lowest BCUT2D eigenvalue weighted by Crippen LogP contribution is -2.62. The molecule has 1 nitrogen and oxygen atoms in total. The Balaban J connectivity index is 3.05. The van der Waals surface area contributed by atoms with Crippen molar-refractivity contribution in [3.63, 3.8) is 0 Å². The highest BCUT2D eigenvalue weighted by atomic mass is 19.4. The molecular weight excluding hydrogens is 298 g/mol. The van der Waals surface area contributed by atoms with Crippen molar-refractivity contribution < 1.29 is 31.4 Å². The Bertz CT molecular complexity index is 332. The Labute approximate surface area is 120 Å². The molecule has 1 rings (SSSR count). The zero-order valence-electron chi connectivity index (χ0n) is 12.4. The van der Waals surface area contributed by atoms with Gasteiger partial charge >= 0.3 is 12.4 Å². The molecule has 0 aliphatic heterocycles. The molecule has 1 N–H and O–H groups in total. The Morgan fingerprint density at radius 2 is 1.38 bits per heavy atom. The van der Waals surface area contributed by atoms with Crippen molar-refractivity contribution in [2.45, 2.75) is 64.4 Å². The van der Waals surface area contributed by atoms with Gasteiger partial charge in [0.1, 0.15) is 0 Å². The molecule has 1 aliphatic carbocycles. The molecule has 21 heavy (non-hydrogen) atoms. The standard InChI is InChI=1S/C14H22F6O/c1-8(2)9(3)10-5-4-6-11(7-10)12(21,13(15,16)17)14(18,19)20/h8-11,21H,4-7H2,1-3H3. The molecular formula is C14H22F6O. The molecule has 0 radical (unpaired) electrons. The largest absolute Gasteiger partial charge is 0.426 e.